The van der Waals surface area contributed by atoms with Gasteiger partial charge in [0.1, 0.15) is 0 Å². The fourth-order valence-electron chi connectivity index (χ4n) is 2.32. The number of tetrazole rings is 1. The Labute approximate surface area is 97.6 Å². The highest BCUT2D eigenvalue weighted by atomic mass is 15.6. The molecule has 0 aliphatic carbocycles. The van der Waals surface area contributed by atoms with Crippen LogP contribution in [0.2, 0.25) is 0 Å². The minimum absolute atomic E-state index is 0.0616. The first kappa shape index (κ1) is 13.1. The van der Waals surface area contributed by atoms with Crippen molar-refractivity contribution < 1.29 is 0 Å². The van der Waals surface area contributed by atoms with E-state index in [1.807, 2.05) is 11.7 Å². The van der Waals surface area contributed by atoms with Crippen LogP contribution >= 0.6 is 0 Å². The Balaban J connectivity index is 2.92. The van der Waals surface area contributed by atoms with E-state index in [-0.39, 0.29) is 11.0 Å². The van der Waals surface area contributed by atoms with E-state index in [1.165, 1.54) is 0 Å². The molecule has 0 aliphatic heterocycles. The van der Waals surface area contributed by atoms with E-state index in [4.69, 9.17) is 0 Å². The average molecular weight is 225 g/mol. The highest BCUT2D eigenvalue weighted by Gasteiger charge is 2.30. The van der Waals surface area contributed by atoms with E-state index in [0.717, 1.165) is 12.2 Å². The maximum absolute atomic E-state index is 4.11. The van der Waals surface area contributed by atoms with Crippen LogP contribution < -0.4 is 5.32 Å². The van der Waals surface area contributed by atoms with Gasteiger partial charge >= 0.3 is 0 Å². The lowest BCUT2D eigenvalue weighted by molar-refractivity contribution is 0.190. The first-order valence-corrected chi connectivity index (χ1v) is 5.69. The summed E-state index contributed by atoms with van der Waals surface area (Å²) >= 11 is 0. The molecular weight excluding hydrogens is 202 g/mol. The zero-order valence-corrected chi connectivity index (χ0v) is 11.2. The second-order valence-electron chi connectivity index (χ2n) is 6.09. The van der Waals surface area contributed by atoms with Crippen molar-refractivity contribution in [3.63, 3.8) is 0 Å². The third-order valence-electron chi connectivity index (χ3n) is 2.41. The summed E-state index contributed by atoms with van der Waals surface area (Å²) in [6.07, 6.45) is 1.03. The third kappa shape index (κ3) is 3.27. The highest BCUT2D eigenvalue weighted by Crippen LogP contribution is 2.31. The first-order valence-electron chi connectivity index (χ1n) is 5.69. The topological polar surface area (TPSA) is 55.6 Å². The van der Waals surface area contributed by atoms with Gasteiger partial charge in [0.05, 0.1) is 12.1 Å². The van der Waals surface area contributed by atoms with E-state index in [9.17, 15) is 0 Å². The molecule has 1 aromatic heterocycles. The second kappa shape index (κ2) is 4.49. The van der Waals surface area contributed by atoms with Gasteiger partial charge in [-0.25, -0.2) is 4.68 Å². The van der Waals surface area contributed by atoms with Crippen molar-refractivity contribution in [1.29, 1.82) is 0 Å². The van der Waals surface area contributed by atoms with Crippen LogP contribution in [0.15, 0.2) is 0 Å². The standard InChI is InChI=1S/C11H23N5/c1-10(2,3)8-11(4,5)16-9(7-12-6)13-14-15-16/h12H,7-8H2,1-6H3. The number of aromatic nitrogens is 4. The van der Waals surface area contributed by atoms with Crippen LogP contribution in [-0.4, -0.2) is 27.3 Å². The van der Waals surface area contributed by atoms with Crippen LogP contribution in [-0.2, 0) is 12.1 Å². The minimum atomic E-state index is -0.0616. The predicted octanol–water partition coefficient (Wildman–Crippen LogP) is 1.56. The minimum Gasteiger partial charge on any atom is -0.313 e. The summed E-state index contributed by atoms with van der Waals surface area (Å²) in [5, 5.41) is 15.0. The number of rotatable bonds is 4. The largest absolute Gasteiger partial charge is 0.313 e. The number of nitrogens with one attached hydrogen (secondary N) is 1. The summed E-state index contributed by atoms with van der Waals surface area (Å²) in [6, 6.07) is 0. The molecule has 0 aromatic carbocycles. The van der Waals surface area contributed by atoms with Gasteiger partial charge in [-0.05, 0) is 43.2 Å². The van der Waals surface area contributed by atoms with Crippen LogP contribution in [0.3, 0.4) is 0 Å². The van der Waals surface area contributed by atoms with Crippen molar-refractivity contribution in [2.45, 2.75) is 53.1 Å². The normalized spacial score (nSPS) is 13.1. The Morgan fingerprint density at radius 1 is 1.19 bits per heavy atom. The summed E-state index contributed by atoms with van der Waals surface area (Å²) in [5.74, 6) is 0.886. The van der Waals surface area contributed by atoms with Gasteiger partial charge < -0.3 is 5.32 Å². The maximum Gasteiger partial charge on any atom is 0.165 e. The lowest BCUT2D eigenvalue weighted by atomic mass is 9.82. The van der Waals surface area contributed by atoms with Crippen LogP contribution in [0.1, 0.15) is 46.9 Å². The summed E-state index contributed by atoms with van der Waals surface area (Å²) in [5.41, 5.74) is 0.195. The van der Waals surface area contributed by atoms with Crippen molar-refractivity contribution >= 4 is 0 Å². The quantitative estimate of drug-likeness (QED) is 0.845. The molecule has 0 atom stereocenters. The number of hydrogen-bond acceptors (Lipinski definition) is 4. The molecule has 1 N–H and O–H groups in total. The predicted molar refractivity (Wildman–Crippen MR) is 64.0 cm³/mol. The van der Waals surface area contributed by atoms with Gasteiger partial charge in [0, 0.05) is 0 Å². The third-order valence-corrected chi connectivity index (χ3v) is 2.41. The molecule has 0 radical (unpaired) electrons. The molecule has 1 aromatic rings. The fourth-order valence-corrected chi connectivity index (χ4v) is 2.32. The van der Waals surface area contributed by atoms with E-state index in [2.05, 4.69) is 55.5 Å². The molecule has 0 aliphatic rings. The number of hydrogen-bond donors (Lipinski definition) is 1. The molecule has 0 saturated carbocycles. The fraction of sp³-hybridized carbons (Fsp3) is 0.909. The molecular formula is C11H23N5. The molecule has 0 spiro atoms. The lowest BCUT2D eigenvalue weighted by Gasteiger charge is -2.32. The van der Waals surface area contributed by atoms with Gasteiger partial charge in [-0.15, -0.1) is 5.10 Å². The van der Waals surface area contributed by atoms with E-state index in [1.54, 1.807) is 0 Å². The average Bonchev–Trinajstić information content (AvgIpc) is 2.48. The van der Waals surface area contributed by atoms with Gasteiger partial charge in [-0.3, -0.25) is 0 Å². The molecule has 1 heterocycles. The smallest absolute Gasteiger partial charge is 0.165 e. The molecule has 16 heavy (non-hydrogen) atoms. The SMILES string of the molecule is CNCc1nnnn1C(C)(C)CC(C)(C)C. The van der Waals surface area contributed by atoms with Crippen molar-refractivity contribution in [3.05, 3.63) is 5.82 Å². The Bertz CT molecular complexity index is 334. The molecule has 1 rings (SSSR count). The monoisotopic (exact) mass is 225 g/mol. The van der Waals surface area contributed by atoms with Gasteiger partial charge in [-0.1, -0.05) is 20.8 Å². The van der Waals surface area contributed by atoms with E-state index >= 15 is 0 Å². The van der Waals surface area contributed by atoms with Gasteiger partial charge in [0.15, 0.2) is 5.82 Å². The molecule has 0 fully saturated rings. The van der Waals surface area contributed by atoms with Crippen LogP contribution in [0.25, 0.3) is 0 Å². The molecule has 0 unspecified atom stereocenters. The highest BCUT2D eigenvalue weighted by molar-refractivity contribution is 4.90. The van der Waals surface area contributed by atoms with Crippen LogP contribution in [0.4, 0.5) is 0 Å². The van der Waals surface area contributed by atoms with Crippen LogP contribution in [0.5, 0.6) is 0 Å². The van der Waals surface area contributed by atoms with Gasteiger partial charge in [0.2, 0.25) is 0 Å². The lowest BCUT2D eigenvalue weighted by Crippen LogP contribution is -2.34. The Morgan fingerprint density at radius 3 is 2.31 bits per heavy atom. The summed E-state index contributed by atoms with van der Waals surface area (Å²) in [6.45, 7) is 11.7. The Morgan fingerprint density at radius 2 is 1.81 bits per heavy atom. The van der Waals surface area contributed by atoms with E-state index in [0.29, 0.717) is 6.54 Å². The van der Waals surface area contributed by atoms with Crippen molar-refractivity contribution in [1.82, 2.24) is 25.5 Å². The van der Waals surface area contributed by atoms with Crippen LogP contribution in [0, 0.1) is 5.41 Å². The summed E-state index contributed by atoms with van der Waals surface area (Å²) in [4.78, 5) is 0. The first-order chi connectivity index (χ1) is 7.26. The zero-order valence-electron chi connectivity index (χ0n) is 11.2. The Kier molecular flexibility index (Phi) is 3.68. The molecule has 5 nitrogen and oxygen atoms in total. The Hall–Kier alpha value is -0.970. The maximum atomic E-state index is 4.11. The van der Waals surface area contributed by atoms with Gasteiger partial charge in [-0.2, -0.15) is 0 Å². The second-order valence-corrected chi connectivity index (χ2v) is 6.09. The zero-order chi connectivity index (χ0) is 12.4. The molecule has 0 saturated heterocycles. The number of nitrogens with zero attached hydrogens (tertiary/aromatic N) is 4. The molecule has 0 amide bonds. The summed E-state index contributed by atoms with van der Waals surface area (Å²) in [7, 11) is 1.90. The molecule has 5 heteroatoms. The molecule has 0 bridgehead atoms. The van der Waals surface area contributed by atoms with Crippen molar-refractivity contribution in [2.75, 3.05) is 7.05 Å². The summed E-state index contributed by atoms with van der Waals surface area (Å²) < 4.78 is 1.93. The van der Waals surface area contributed by atoms with Gasteiger partial charge in [0.25, 0.3) is 0 Å². The van der Waals surface area contributed by atoms with E-state index < -0.39 is 0 Å². The van der Waals surface area contributed by atoms with Crippen molar-refractivity contribution in [3.8, 4) is 0 Å². The van der Waals surface area contributed by atoms with Crippen molar-refractivity contribution in [2.24, 2.45) is 5.41 Å². The molecule has 92 valence electrons.